The molecule has 1 aromatic heterocycles. The summed E-state index contributed by atoms with van der Waals surface area (Å²) < 4.78 is 16.3. The van der Waals surface area contributed by atoms with Gasteiger partial charge < -0.3 is 43.4 Å². The van der Waals surface area contributed by atoms with Crippen molar-refractivity contribution in [1.82, 2.24) is 30.0 Å². The molecule has 53 heavy (non-hydrogen) atoms. The molecule has 4 unspecified atom stereocenters. The van der Waals surface area contributed by atoms with Crippen molar-refractivity contribution in [3.63, 3.8) is 0 Å². The number of aldehydes is 1. The predicted octanol–water partition coefficient (Wildman–Crippen LogP) is -0.913. The molecular weight excluding hydrogens is 687 g/mol. The number of hydrogen-bond donors (Lipinski definition) is 7. The Balaban J connectivity index is 0.00000202. The first kappa shape index (κ1) is 40.1. The largest absolute Gasteiger partial charge is 0.404 e. The zero-order valence-corrected chi connectivity index (χ0v) is 30.0. The highest BCUT2D eigenvalue weighted by atomic mass is 19.1. The number of aliphatic imine (C=N–C) groups is 2. The number of alkyl halides is 1. The second-order valence-electron chi connectivity index (χ2n) is 13.0. The Labute approximate surface area is 306 Å². The number of halogens is 1. The SMILES string of the molecule is CNC(=O)C(CCC=O)n1c(=O)n(C)c2c(CCCCN3CC(N=CC(=C\N)/C(C=N)=C(\N)C4=NCC(C(=O)NC5CC5F)N4)C3)cccc21.NC=O. The number of likely N-dealkylation sites (N-methyl/N-ethyl adjacent to an activating group) is 1. The van der Waals surface area contributed by atoms with Crippen LogP contribution in [0.5, 0.6) is 0 Å². The van der Waals surface area contributed by atoms with Crippen LogP contribution in [0.2, 0.25) is 0 Å². The highest BCUT2D eigenvalue weighted by Gasteiger charge is 2.40. The number of primary amides is 1. The van der Waals surface area contributed by atoms with Crippen molar-refractivity contribution < 1.29 is 23.6 Å². The van der Waals surface area contributed by atoms with E-state index in [0.717, 1.165) is 62.5 Å². The zero-order chi connectivity index (χ0) is 38.7. The Morgan fingerprint density at radius 1 is 1.23 bits per heavy atom. The Hall–Kier alpha value is -5.65. The van der Waals surface area contributed by atoms with Crippen molar-refractivity contribution in [1.29, 1.82) is 5.41 Å². The van der Waals surface area contributed by atoms with Crippen molar-refractivity contribution >= 4 is 53.8 Å². The van der Waals surface area contributed by atoms with Crippen LogP contribution in [0, 0.1) is 5.41 Å². The molecule has 5 rings (SSSR count). The molecule has 1 aromatic carbocycles. The van der Waals surface area contributed by atoms with E-state index in [-0.39, 0.29) is 60.9 Å². The van der Waals surface area contributed by atoms with Gasteiger partial charge in [-0.05, 0) is 43.9 Å². The molecule has 1 saturated heterocycles. The fourth-order valence-electron chi connectivity index (χ4n) is 6.44. The van der Waals surface area contributed by atoms with Crippen LogP contribution in [0.4, 0.5) is 4.39 Å². The molecule has 0 radical (unpaired) electrons. The number of aromatic nitrogens is 2. The minimum Gasteiger partial charge on any atom is -0.404 e. The lowest BCUT2D eigenvalue weighted by Gasteiger charge is -2.36. The summed E-state index contributed by atoms with van der Waals surface area (Å²) >= 11 is 0. The molecule has 2 aromatic rings. The standard InChI is InChI=1S/C34H46FN11O4.CH3NO/c1-39-33(49)28(10-6-12-47)46-27-9-5-8-20(30(27)44(2)34(46)50)7-3-4-11-45-18-22(19-45)40-16-21(14-36)23(15-37)29(38)31-41-17-26(42-31)32(48)43-25-13-24(25)35;2-1-3/h5,8-9,12,14-16,22,24-26,28,37H,3-4,6-7,10-11,13,17-19,36,38H2,1-2H3,(H,39,49)(H,41,42)(H,43,48);1H,(H2,2,3)/b21-14+,29-23-,37-15?,40-16?;. The average Bonchev–Trinajstić information content (AvgIpc) is 3.49. The summed E-state index contributed by atoms with van der Waals surface area (Å²) in [4.78, 5) is 69.2. The van der Waals surface area contributed by atoms with Gasteiger partial charge in [0.1, 0.15) is 30.4 Å². The Kier molecular flexibility index (Phi) is 14.2. The maximum absolute atomic E-state index is 13.3. The first-order chi connectivity index (χ1) is 25.5. The van der Waals surface area contributed by atoms with Gasteiger partial charge in [-0.25, -0.2) is 9.18 Å². The Bertz CT molecular complexity index is 1860. The molecule has 10 N–H and O–H groups in total. The van der Waals surface area contributed by atoms with E-state index >= 15 is 0 Å². The maximum Gasteiger partial charge on any atom is 0.329 e. The minimum atomic E-state index is -1.00. The predicted molar refractivity (Wildman–Crippen MR) is 200 cm³/mol. The molecule has 2 aliphatic heterocycles. The summed E-state index contributed by atoms with van der Waals surface area (Å²) in [6.45, 7) is 2.58. The molecule has 1 aliphatic carbocycles. The van der Waals surface area contributed by atoms with Crippen molar-refractivity contribution in [2.24, 2.45) is 34.2 Å². The number of allylic oxidation sites excluding steroid dienone is 2. The summed E-state index contributed by atoms with van der Waals surface area (Å²) in [6, 6.07) is 3.92. The number of aryl methyl sites for hydroxylation is 2. The second kappa shape index (κ2) is 18.7. The number of likely N-dealkylation sites (tertiary alicyclic amines) is 1. The van der Waals surface area contributed by atoms with Crippen LogP contribution >= 0.6 is 0 Å². The molecule has 4 atom stereocenters. The summed E-state index contributed by atoms with van der Waals surface area (Å²) in [6.07, 6.45) is 7.35. The number of benzene rings is 1. The first-order valence-electron chi connectivity index (χ1n) is 17.5. The monoisotopic (exact) mass is 736 g/mol. The minimum absolute atomic E-state index is 0.0606. The average molecular weight is 737 g/mol. The number of nitrogens with two attached hydrogens (primary N) is 3. The van der Waals surface area contributed by atoms with E-state index in [2.05, 4.69) is 36.6 Å². The van der Waals surface area contributed by atoms with Crippen LogP contribution in [0.3, 0.4) is 0 Å². The number of nitrogens with zero attached hydrogens (tertiary/aromatic N) is 5. The third-order valence-electron chi connectivity index (χ3n) is 9.42. The molecule has 0 bridgehead atoms. The van der Waals surface area contributed by atoms with E-state index in [1.807, 2.05) is 18.2 Å². The first-order valence-corrected chi connectivity index (χ1v) is 17.5. The fraction of sp³-hybridized carbons (Fsp3) is 0.486. The Morgan fingerprint density at radius 3 is 2.57 bits per heavy atom. The molecule has 286 valence electrons. The van der Waals surface area contributed by atoms with Gasteiger partial charge in [0, 0.05) is 69.8 Å². The van der Waals surface area contributed by atoms with Gasteiger partial charge in [-0.15, -0.1) is 0 Å². The number of amides is 3. The maximum atomic E-state index is 13.3. The van der Waals surface area contributed by atoms with E-state index < -0.39 is 24.3 Å². The number of para-hydroxylation sites is 1. The number of amidine groups is 1. The number of hydrogen-bond acceptors (Lipinski definition) is 12. The number of imidazole rings is 1. The summed E-state index contributed by atoms with van der Waals surface area (Å²) in [5.41, 5.74) is 19.5. The van der Waals surface area contributed by atoms with Crippen LogP contribution in [0.1, 0.15) is 43.7 Å². The van der Waals surface area contributed by atoms with Gasteiger partial charge in [-0.3, -0.25) is 38.4 Å². The smallest absolute Gasteiger partial charge is 0.329 e. The van der Waals surface area contributed by atoms with Crippen LogP contribution in [-0.2, 0) is 32.6 Å². The highest BCUT2D eigenvalue weighted by molar-refractivity contribution is 6.10. The lowest BCUT2D eigenvalue weighted by Crippen LogP contribution is -2.50. The van der Waals surface area contributed by atoms with Crippen LogP contribution in [-0.4, -0.2) is 114 Å². The van der Waals surface area contributed by atoms with Gasteiger partial charge in [-0.1, -0.05) is 12.1 Å². The van der Waals surface area contributed by atoms with E-state index in [9.17, 15) is 23.6 Å². The summed E-state index contributed by atoms with van der Waals surface area (Å²) in [5.74, 6) is -0.378. The quantitative estimate of drug-likeness (QED) is 0.0458. The van der Waals surface area contributed by atoms with Gasteiger partial charge in [0.05, 0.1) is 35.4 Å². The van der Waals surface area contributed by atoms with Gasteiger partial charge >= 0.3 is 5.69 Å². The number of carbonyl (C=O) groups excluding carboxylic acids is 4. The van der Waals surface area contributed by atoms with Crippen LogP contribution < -0.4 is 38.8 Å². The molecule has 3 aliphatic rings. The highest BCUT2D eigenvalue weighted by Crippen LogP contribution is 2.26. The van der Waals surface area contributed by atoms with Crippen molar-refractivity contribution in [2.45, 2.75) is 68.9 Å². The van der Waals surface area contributed by atoms with Crippen molar-refractivity contribution in [3.05, 3.63) is 57.3 Å². The molecule has 3 amide bonds. The second-order valence-corrected chi connectivity index (χ2v) is 13.0. The van der Waals surface area contributed by atoms with E-state index in [0.29, 0.717) is 23.1 Å². The molecule has 2 fully saturated rings. The van der Waals surface area contributed by atoms with Gasteiger partial charge in [0.25, 0.3) is 0 Å². The number of carbonyl (C=O) groups is 4. The van der Waals surface area contributed by atoms with Gasteiger partial charge in [0.15, 0.2) is 0 Å². The number of nitrogens with one attached hydrogen (secondary N) is 4. The van der Waals surface area contributed by atoms with Crippen molar-refractivity contribution in [2.75, 3.05) is 33.2 Å². The van der Waals surface area contributed by atoms with Gasteiger partial charge in [0.2, 0.25) is 18.2 Å². The third-order valence-corrected chi connectivity index (χ3v) is 9.42. The third kappa shape index (κ3) is 9.62. The normalized spacial score (nSPS) is 21.0. The number of unbranched alkanes of at least 4 members (excludes halogenated alkanes) is 1. The van der Waals surface area contributed by atoms with E-state index in [1.54, 1.807) is 17.8 Å². The lowest BCUT2D eigenvalue weighted by atomic mass is 10.0. The summed E-state index contributed by atoms with van der Waals surface area (Å²) in [5, 5.41) is 16.2. The van der Waals surface area contributed by atoms with Crippen LogP contribution in [0.15, 0.2) is 56.0 Å². The summed E-state index contributed by atoms with van der Waals surface area (Å²) in [7, 11) is 3.23. The van der Waals surface area contributed by atoms with E-state index in [4.69, 9.17) is 21.7 Å². The van der Waals surface area contributed by atoms with Gasteiger partial charge in [-0.2, -0.15) is 0 Å². The molecule has 3 heterocycles. The lowest BCUT2D eigenvalue weighted by molar-refractivity contribution is -0.124. The topological polar surface area (TPSA) is 261 Å². The molecule has 18 heteroatoms. The number of fused-ring (bicyclic) bond motifs is 1. The number of rotatable bonds is 17. The molecule has 0 spiro atoms. The fourth-order valence-corrected chi connectivity index (χ4v) is 6.44. The Morgan fingerprint density at radius 2 is 1.94 bits per heavy atom. The molecule has 1 saturated carbocycles. The van der Waals surface area contributed by atoms with Crippen molar-refractivity contribution in [3.8, 4) is 0 Å². The van der Waals surface area contributed by atoms with Crippen LogP contribution in [0.25, 0.3) is 11.0 Å². The molecule has 17 nitrogen and oxygen atoms in total. The van der Waals surface area contributed by atoms with E-state index in [1.165, 1.54) is 17.8 Å². The molecular formula is C35H49FN12O5. The zero-order valence-electron chi connectivity index (χ0n) is 30.0.